The van der Waals surface area contributed by atoms with Crippen LogP contribution in [0.25, 0.3) is 0 Å². The third kappa shape index (κ3) is 4.90. The van der Waals surface area contributed by atoms with E-state index in [1.807, 2.05) is 0 Å². The van der Waals surface area contributed by atoms with Gasteiger partial charge in [0.2, 0.25) is 0 Å². The van der Waals surface area contributed by atoms with Crippen molar-refractivity contribution in [3.05, 3.63) is 0 Å². The maximum atomic E-state index is 12.0. The van der Waals surface area contributed by atoms with Gasteiger partial charge in [-0.15, -0.1) is 0 Å². The van der Waals surface area contributed by atoms with E-state index in [9.17, 15) is 22.8 Å². The van der Waals surface area contributed by atoms with E-state index >= 15 is 0 Å². The molecule has 1 heterocycles. The van der Waals surface area contributed by atoms with E-state index in [1.54, 1.807) is 6.92 Å². The van der Waals surface area contributed by atoms with Gasteiger partial charge in [-0.3, -0.25) is 0 Å². The molecule has 1 fully saturated rings. The van der Waals surface area contributed by atoms with Crippen molar-refractivity contribution in [3.8, 4) is 0 Å². The molecule has 2 N–H and O–H groups in total. The van der Waals surface area contributed by atoms with E-state index in [4.69, 9.17) is 5.11 Å². The number of piperidine rings is 1. The predicted octanol–water partition coefficient (Wildman–Crippen LogP) is 2.22. The van der Waals surface area contributed by atoms with Crippen LogP contribution in [-0.2, 0) is 4.79 Å². The van der Waals surface area contributed by atoms with Crippen LogP contribution in [0.4, 0.5) is 18.0 Å². The van der Waals surface area contributed by atoms with Crippen LogP contribution in [0, 0.1) is 5.92 Å². The van der Waals surface area contributed by atoms with Crippen LogP contribution in [-0.4, -0.2) is 47.3 Å². The minimum absolute atomic E-state index is 0.116. The Balaban J connectivity index is 2.46. The zero-order valence-corrected chi connectivity index (χ0v) is 11.2. The van der Waals surface area contributed by atoms with Crippen LogP contribution in [0.5, 0.6) is 0 Å². The summed E-state index contributed by atoms with van der Waals surface area (Å²) in [4.78, 5) is 24.2. The minimum atomic E-state index is -4.24. The topological polar surface area (TPSA) is 69.6 Å². The molecular formula is C12H19F3N2O3. The van der Waals surface area contributed by atoms with Gasteiger partial charge in [0.1, 0.15) is 6.04 Å². The maximum Gasteiger partial charge on any atom is 0.389 e. The molecule has 116 valence electrons. The molecular weight excluding hydrogens is 277 g/mol. The SMILES string of the molecule is CC1CCCN(C(=O)NCCCC(F)(F)F)C1C(=O)O. The number of hydrogen-bond donors (Lipinski definition) is 2. The summed E-state index contributed by atoms with van der Waals surface area (Å²) < 4.78 is 35.9. The summed E-state index contributed by atoms with van der Waals surface area (Å²) >= 11 is 0. The number of alkyl halides is 3. The van der Waals surface area contributed by atoms with E-state index < -0.39 is 30.6 Å². The van der Waals surface area contributed by atoms with Gasteiger partial charge in [0, 0.05) is 19.5 Å². The van der Waals surface area contributed by atoms with E-state index in [1.165, 1.54) is 4.90 Å². The van der Waals surface area contributed by atoms with Crippen molar-refractivity contribution in [1.29, 1.82) is 0 Å². The summed E-state index contributed by atoms with van der Waals surface area (Å²) in [6, 6.07) is -1.52. The Hall–Kier alpha value is -1.47. The number of carbonyl (C=O) groups is 2. The van der Waals surface area contributed by atoms with Crippen LogP contribution in [0.2, 0.25) is 0 Å². The van der Waals surface area contributed by atoms with E-state index in [-0.39, 0.29) is 18.9 Å². The summed E-state index contributed by atoms with van der Waals surface area (Å²) in [5.74, 6) is -1.25. The number of amides is 2. The highest BCUT2D eigenvalue weighted by atomic mass is 19.4. The van der Waals surface area contributed by atoms with Crippen molar-refractivity contribution >= 4 is 12.0 Å². The lowest BCUT2D eigenvalue weighted by Gasteiger charge is -2.37. The van der Waals surface area contributed by atoms with E-state index in [2.05, 4.69) is 5.32 Å². The molecule has 2 amide bonds. The predicted molar refractivity (Wildman–Crippen MR) is 65.2 cm³/mol. The summed E-state index contributed by atoms with van der Waals surface area (Å²) in [5.41, 5.74) is 0. The molecule has 0 saturated carbocycles. The van der Waals surface area contributed by atoms with Crippen LogP contribution in [0.15, 0.2) is 0 Å². The van der Waals surface area contributed by atoms with Crippen LogP contribution in [0.3, 0.4) is 0 Å². The van der Waals surface area contributed by atoms with E-state index in [0.29, 0.717) is 13.0 Å². The second-order valence-corrected chi connectivity index (χ2v) is 5.05. The molecule has 0 radical (unpaired) electrons. The van der Waals surface area contributed by atoms with Gasteiger partial charge >= 0.3 is 18.2 Å². The zero-order valence-electron chi connectivity index (χ0n) is 11.2. The summed E-state index contributed by atoms with van der Waals surface area (Å²) in [7, 11) is 0. The molecule has 2 atom stereocenters. The highest BCUT2D eigenvalue weighted by Gasteiger charge is 2.37. The maximum absolute atomic E-state index is 12.0. The first-order valence-electron chi connectivity index (χ1n) is 6.56. The first-order chi connectivity index (χ1) is 9.22. The van der Waals surface area contributed by atoms with Crippen molar-refractivity contribution < 1.29 is 27.9 Å². The molecule has 2 unspecified atom stereocenters. The average molecular weight is 296 g/mol. The fraction of sp³-hybridized carbons (Fsp3) is 0.833. The number of nitrogens with one attached hydrogen (secondary N) is 1. The summed E-state index contributed by atoms with van der Waals surface area (Å²) in [5, 5.41) is 11.5. The van der Waals surface area contributed by atoms with Crippen molar-refractivity contribution in [2.24, 2.45) is 5.92 Å². The van der Waals surface area contributed by atoms with Crippen LogP contribution < -0.4 is 5.32 Å². The van der Waals surface area contributed by atoms with Gasteiger partial charge in [0.25, 0.3) is 0 Å². The molecule has 1 aliphatic rings. The third-order valence-corrected chi connectivity index (χ3v) is 3.36. The van der Waals surface area contributed by atoms with Crippen molar-refractivity contribution in [2.75, 3.05) is 13.1 Å². The first-order valence-corrected chi connectivity index (χ1v) is 6.56. The number of carboxylic acid groups (broad SMARTS) is 1. The largest absolute Gasteiger partial charge is 0.480 e. The quantitative estimate of drug-likeness (QED) is 0.782. The highest BCUT2D eigenvalue weighted by molar-refractivity contribution is 5.83. The monoisotopic (exact) mass is 296 g/mol. The van der Waals surface area contributed by atoms with Crippen LogP contribution in [0.1, 0.15) is 32.6 Å². The number of carboxylic acids is 1. The highest BCUT2D eigenvalue weighted by Crippen LogP contribution is 2.24. The number of rotatable bonds is 4. The molecule has 5 nitrogen and oxygen atoms in total. The van der Waals surface area contributed by atoms with Gasteiger partial charge in [-0.1, -0.05) is 6.92 Å². The van der Waals surface area contributed by atoms with Crippen molar-refractivity contribution in [2.45, 2.75) is 44.8 Å². The molecule has 0 spiro atoms. The molecule has 0 bridgehead atoms. The fourth-order valence-electron chi connectivity index (χ4n) is 2.38. The summed E-state index contributed by atoms with van der Waals surface area (Å²) in [6.45, 7) is 1.95. The fourth-order valence-corrected chi connectivity index (χ4v) is 2.38. The van der Waals surface area contributed by atoms with Gasteiger partial charge in [0.15, 0.2) is 0 Å². The number of likely N-dealkylation sites (tertiary alicyclic amines) is 1. The first kappa shape index (κ1) is 16.6. The van der Waals surface area contributed by atoms with Gasteiger partial charge in [0.05, 0.1) is 0 Å². The number of nitrogens with zero attached hydrogens (tertiary/aromatic N) is 1. The standard InChI is InChI=1S/C12H19F3N2O3/c1-8-4-2-7-17(9(8)10(18)19)11(20)16-6-3-5-12(13,14)15/h8-9H,2-7H2,1H3,(H,16,20)(H,18,19). The Bertz CT molecular complexity index is 360. The number of urea groups is 1. The number of carbonyl (C=O) groups excluding carboxylic acids is 1. The average Bonchev–Trinajstić information content (AvgIpc) is 2.32. The van der Waals surface area contributed by atoms with Gasteiger partial charge in [-0.25, -0.2) is 9.59 Å². The number of halogens is 3. The van der Waals surface area contributed by atoms with Crippen molar-refractivity contribution in [3.63, 3.8) is 0 Å². The molecule has 0 aromatic heterocycles. The number of aliphatic carboxylic acids is 1. The number of hydrogen-bond acceptors (Lipinski definition) is 2. The molecule has 0 aliphatic carbocycles. The van der Waals surface area contributed by atoms with Crippen molar-refractivity contribution in [1.82, 2.24) is 10.2 Å². The Labute approximate surface area is 115 Å². The second-order valence-electron chi connectivity index (χ2n) is 5.05. The zero-order chi connectivity index (χ0) is 15.3. The Morgan fingerprint density at radius 3 is 2.60 bits per heavy atom. The molecule has 0 aromatic carbocycles. The van der Waals surface area contributed by atoms with Gasteiger partial charge in [-0.05, 0) is 25.2 Å². The minimum Gasteiger partial charge on any atom is -0.480 e. The normalized spacial score (nSPS) is 23.5. The van der Waals surface area contributed by atoms with Gasteiger partial charge < -0.3 is 15.3 Å². The van der Waals surface area contributed by atoms with Gasteiger partial charge in [-0.2, -0.15) is 13.2 Å². The molecule has 8 heteroatoms. The lowest BCUT2D eigenvalue weighted by atomic mass is 9.91. The molecule has 1 saturated heterocycles. The Morgan fingerprint density at radius 2 is 2.05 bits per heavy atom. The Kier molecular flexibility index (Phi) is 5.64. The van der Waals surface area contributed by atoms with Crippen LogP contribution >= 0.6 is 0 Å². The molecule has 0 aromatic rings. The smallest absolute Gasteiger partial charge is 0.389 e. The lowest BCUT2D eigenvalue weighted by molar-refractivity contribution is -0.145. The molecule has 20 heavy (non-hydrogen) atoms. The Morgan fingerprint density at radius 1 is 1.40 bits per heavy atom. The second kappa shape index (κ2) is 6.81. The molecule has 1 aliphatic heterocycles. The third-order valence-electron chi connectivity index (χ3n) is 3.36. The summed E-state index contributed by atoms with van der Waals surface area (Å²) in [6.07, 6.45) is -4.01. The molecule has 1 rings (SSSR count). The van der Waals surface area contributed by atoms with E-state index in [0.717, 1.165) is 6.42 Å². The lowest BCUT2D eigenvalue weighted by Crippen LogP contribution is -2.55.